The van der Waals surface area contributed by atoms with Crippen LogP contribution in [-0.2, 0) is 25.9 Å². The van der Waals surface area contributed by atoms with Crippen LogP contribution in [0.5, 0.6) is 0 Å². The number of aliphatic carboxylic acids is 1. The van der Waals surface area contributed by atoms with E-state index in [2.05, 4.69) is 0 Å². The number of carboxylic acid groups (broad SMARTS) is 1. The van der Waals surface area contributed by atoms with E-state index < -0.39 is 29.1 Å². The number of nitrogens with zero attached hydrogens (tertiary/aromatic N) is 1. The highest BCUT2D eigenvalue weighted by molar-refractivity contribution is 6.00. The molecular weight excluding hydrogens is 387 g/mol. The number of hydrogen-bond donors (Lipinski definition) is 0. The zero-order chi connectivity index (χ0) is 22.1. The van der Waals surface area contributed by atoms with Crippen LogP contribution in [0.2, 0.25) is 0 Å². The standard InChI is InChI=1S/C21H24F3NO4/c1-6-11-20(14-7-9-15(10-8-14)21(22,23)24)16(18(26)27)12(2)25(4)13(3)17(20)19(28)29-5/h7-10H,6,11H2,1-5H3,(H,26,27)/p-1. The molecule has 29 heavy (non-hydrogen) atoms. The van der Waals surface area contributed by atoms with Crippen molar-refractivity contribution in [2.24, 2.45) is 0 Å². The Morgan fingerprint density at radius 2 is 1.62 bits per heavy atom. The van der Waals surface area contributed by atoms with Crippen LogP contribution in [0.15, 0.2) is 46.8 Å². The number of alkyl halides is 3. The minimum absolute atomic E-state index is 0.0777. The van der Waals surface area contributed by atoms with Gasteiger partial charge >= 0.3 is 12.1 Å². The van der Waals surface area contributed by atoms with Gasteiger partial charge in [-0.3, -0.25) is 0 Å². The maximum absolute atomic E-state index is 13.0. The van der Waals surface area contributed by atoms with Crippen molar-refractivity contribution in [2.75, 3.05) is 14.2 Å². The molecule has 158 valence electrons. The number of methoxy groups -OCH3 is 1. The van der Waals surface area contributed by atoms with Crippen molar-refractivity contribution in [3.63, 3.8) is 0 Å². The summed E-state index contributed by atoms with van der Waals surface area (Å²) in [6.45, 7) is 5.03. The Labute approximate surface area is 167 Å². The average Bonchev–Trinajstić information content (AvgIpc) is 2.65. The fourth-order valence-corrected chi connectivity index (χ4v) is 4.08. The van der Waals surface area contributed by atoms with Gasteiger partial charge in [0, 0.05) is 24.0 Å². The third-order valence-corrected chi connectivity index (χ3v) is 5.51. The van der Waals surface area contributed by atoms with E-state index in [1.54, 1.807) is 32.7 Å². The fraction of sp³-hybridized carbons (Fsp3) is 0.429. The zero-order valence-electron chi connectivity index (χ0n) is 16.9. The third-order valence-electron chi connectivity index (χ3n) is 5.51. The number of rotatable bonds is 5. The molecular formula is C21H23F3NO4-. The first-order valence-electron chi connectivity index (χ1n) is 9.07. The Bertz CT molecular complexity index is 884. The van der Waals surface area contributed by atoms with Gasteiger partial charge in [0.15, 0.2) is 0 Å². The molecule has 0 N–H and O–H groups in total. The minimum Gasteiger partial charge on any atom is -0.545 e. The van der Waals surface area contributed by atoms with Gasteiger partial charge in [-0.25, -0.2) is 4.79 Å². The Hall–Kier alpha value is -2.77. The molecule has 1 aromatic carbocycles. The molecule has 0 radical (unpaired) electrons. The molecule has 1 aliphatic heterocycles. The molecule has 0 aromatic heterocycles. The number of allylic oxidation sites excluding steroid dienone is 2. The van der Waals surface area contributed by atoms with Crippen LogP contribution in [0.25, 0.3) is 0 Å². The normalized spacial score (nSPS) is 20.2. The fourth-order valence-electron chi connectivity index (χ4n) is 4.08. The summed E-state index contributed by atoms with van der Waals surface area (Å²) in [6.07, 6.45) is -3.90. The van der Waals surface area contributed by atoms with E-state index >= 15 is 0 Å². The van der Waals surface area contributed by atoms with Crippen LogP contribution in [0.3, 0.4) is 0 Å². The Kier molecular flexibility index (Phi) is 6.15. The molecule has 8 heteroatoms. The van der Waals surface area contributed by atoms with Crippen LogP contribution in [0.1, 0.15) is 44.7 Å². The predicted molar refractivity (Wildman–Crippen MR) is 98.2 cm³/mol. The molecule has 1 aromatic rings. The summed E-state index contributed by atoms with van der Waals surface area (Å²) < 4.78 is 44.1. The number of esters is 1. The predicted octanol–water partition coefficient (Wildman–Crippen LogP) is 3.16. The molecule has 0 aliphatic carbocycles. The van der Waals surface area contributed by atoms with Crippen molar-refractivity contribution in [3.05, 3.63) is 57.9 Å². The number of carbonyl (C=O) groups excluding carboxylic acids is 2. The highest BCUT2D eigenvalue weighted by Gasteiger charge is 2.49. The second-order valence-corrected chi connectivity index (χ2v) is 6.99. The minimum atomic E-state index is -4.54. The van der Waals surface area contributed by atoms with Crippen LogP contribution in [0.4, 0.5) is 13.2 Å². The largest absolute Gasteiger partial charge is 0.545 e. The van der Waals surface area contributed by atoms with Gasteiger partial charge in [-0.1, -0.05) is 25.5 Å². The number of halogens is 3. The molecule has 0 amide bonds. The van der Waals surface area contributed by atoms with E-state index in [0.29, 0.717) is 17.8 Å². The van der Waals surface area contributed by atoms with E-state index in [1.165, 1.54) is 19.2 Å². The maximum atomic E-state index is 13.0. The average molecular weight is 410 g/mol. The van der Waals surface area contributed by atoms with Crippen LogP contribution in [0, 0.1) is 0 Å². The van der Waals surface area contributed by atoms with E-state index in [4.69, 9.17) is 4.74 Å². The molecule has 0 spiro atoms. The van der Waals surface area contributed by atoms with Gasteiger partial charge in [-0.15, -0.1) is 0 Å². The van der Waals surface area contributed by atoms with Gasteiger partial charge in [0.2, 0.25) is 0 Å². The first-order valence-corrected chi connectivity index (χ1v) is 9.07. The van der Waals surface area contributed by atoms with E-state index in [1.807, 2.05) is 0 Å². The molecule has 0 bridgehead atoms. The SMILES string of the molecule is CCCC1(c2ccc(C(F)(F)F)cc2)C(C(=O)[O-])=C(C)N(C)C(C)=C1C(=O)OC. The lowest BCUT2D eigenvalue weighted by molar-refractivity contribution is -0.300. The quantitative estimate of drug-likeness (QED) is 0.698. The van der Waals surface area contributed by atoms with E-state index in [9.17, 15) is 27.9 Å². The molecule has 1 atom stereocenters. The number of carbonyl (C=O) groups is 2. The lowest BCUT2D eigenvalue weighted by Crippen LogP contribution is -2.48. The highest BCUT2D eigenvalue weighted by Crippen LogP contribution is 2.50. The number of carboxylic acids is 1. The third kappa shape index (κ3) is 3.63. The van der Waals surface area contributed by atoms with E-state index in [0.717, 1.165) is 12.1 Å². The Balaban J connectivity index is 2.93. The lowest BCUT2D eigenvalue weighted by atomic mass is 9.63. The summed E-state index contributed by atoms with van der Waals surface area (Å²) in [5.74, 6) is -2.23. The smallest absolute Gasteiger partial charge is 0.416 e. The molecule has 2 rings (SSSR count). The van der Waals surface area contributed by atoms with Crippen LogP contribution in [-0.4, -0.2) is 31.0 Å². The molecule has 0 saturated carbocycles. The van der Waals surface area contributed by atoms with Gasteiger partial charge in [0.25, 0.3) is 0 Å². The Morgan fingerprint density at radius 3 is 2.03 bits per heavy atom. The summed E-state index contributed by atoms with van der Waals surface area (Å²) in [4.78, 5) is 26.5. The van der Waals surface area contributed by atoms with Gasteiger partial charge in [-0.2, -0.15) is 13.2 Å². The molecule has 1 heterocycles. The monoisotopic (exact) mass is 410 g/mol. The summed E-state index contributed by atoms with van der Waals surface area (Å²) >= 11 is 0. The summed E-state index contributed by atoms with van der Waals surface area (Å²) in [7, 11) is 2.79. The summed E-state index contributed by atoms with van der Waals surface area (Å²) in [5.41, 5.74) is -1.36. The van der Waals surface area contributed by atoms with Crippen molar-refractivity contribution in [1.82, 2.24) is 4.90 Å². The maximum Gasteiger partial charge on any atom is 0.416 e. The van der Waals surface area contributed by atoms with E-state index in [-0.39, 0.29) is 23.1 Å². The number of benzene rings is 1. The topological polar surface area (TPSA) is 69.7 Å². The lowest BCUT2D eigenvalue weighted by Gasteiger charge is -2.46. The zero-order valence-corrected chi connectivity index (χ0v) is 16.9. The van der Waals surface area contributed by atoms with Crippen molar-refractivity contribution < 1.29 is 32.6 Å². The number of ether oxygens (including phenoxy) is 1. The van der Waals surface area contributed by atoms with Crippen molar-refractivity contribution in [3.8, 4) is 0 Å². The molecule has 5 nitrogen and oxygen atoms in total. The van der Waals surface area contributed by atoms with Gasteiger partial charge < -0.3 is 19.5 Å². The summed E-state index contributed by atoms with van der Waals surface area (Å²) in [5, 5.41) is 12.2. The first kappa shape index (κ1) is 22.5. The second kappa shape index (κ2) is 7.93. The van der Waals surface area contributed by atoms with Crippen molar-refractivity contribution >= 4 is 11.9 Å². The number of hydrogen-bond acceptors (Lipinski definition) is 5. The van der Waals surface area contributed by atoms with Crippen LogP contribution < -0.4 is 5.11 Å². The van der Waals surface area contributed by atoms with Gasteiger partial charge in [0.05, 0.1) is 29.6 Å². The first-order chi connectivity index (χ1) is 13.4. The second-order valence-electron chi connectivity index (χ2n) is 6.99. The Morgan fingerprint density at radius 1 is 1.10 bits per heavy atom. The molecule has 0 fully saturated rings. The van der Waals surface area contributed by atoms with Gasteiger partial charge in [-0.05, 0) is 38.0 Å². The molecule has 0 saturated heterocycles. The van der Waals surface area contributed by atoms with Gasteiger partial charge in [0.1, 0.15) is 0 Å². The van der Waals surface area contributed by atoms with Crippen molar-refractivity contribution in [1.29, 1.82) is 0 Å². The highest BCUT2D eigenvalue weighted by atomic mass is 19.4. The molecule has 1 unspecified atom stereocenters. The summed E-state index contributed by atoms with van der Waals surface area (Å²) in [6, 6.07) is 4.21. The molecule has 1 aliphatic rings. The van der Waals surface area contributed by atoms with Crippen molar-refractivity contribution in [2.45, 2.75) is 45.2 Å². The van der Waals surface area contributed by atoms with Crippen LogP contribution >= 0.6 is 0 Å².